The van der Waals surface area contributed by atoms with Gasteiger partial charge in [-0.3, -0.25) is 4.68 Å². The van der Waals surface area contributed by atoms with Crippen molar-refractivity contribution >= 4 is 5.82 Å². The molecular weight excluding hydrogens is 214 g/mol. The van der Waals surface area contributed by atoms with Crippen molar-refractivity contribution in [2.75, 3.05) is 25.0 Å². The molecule has 1 atom stereocenters. The highest BCUT2D eigenvalue weighted by molar-refractivity contribution is 5.57. The molecule has 0 saturated carbocycles. The van der Waals surface area contributed by atoms with Gasteiger partial charge in [0.05, 0.1) is 5.69 Å². The van der Waals surface area contributed by atoms with Crippen LogP contribution >= 0.6 is 0 Å². The number of piperidine rings is 1. The van der Waals surface area contributed by atoms with Gasteiger partial charge in [0.1, 0.15) is 17.5 Å². The second-order valence-corrected chi connectivity index (χ2v) is 4.59. The molecule has 92 valence electrons. The standard InChI is InChI=1S/C12H19N5/c1-9-11(7-13)12(16(3)15-9)17-6-4-5-10(8-17)14-2/h10,14H,4-6,8H2,1-3H3. The van der Waals surface area contributed by atoms with Crippen LogP contribution in [0.2, 0.25) is 0 Å². The van der Waals surface area contributed by atoms with Gasteiger partial charge in [-0.15, -0.1) is 0 Å². The Kier molecular flexibility index (Phi) is 3.34. The molecule has 1 saturated heterocycles. The summed E-state index contributed by atoms with van der Waals surface area (Å²) < 4.78 is 1.83. The van der Waals surface area contributed by atoms with Gasteiger partial charge in [0.15, 0.2) is 0 Å². The van der Waals surface area contributed by atoms with Crippen molar-refractivity contribution in [2.45, 2.75) is 25.8 Å². The number of aromatic nitrogens is 2. The summed E-state index contributed by atoms with van der Waals surface area (Å²) in [5.74, 6) is 0.963. The zero-order valence-electron chi connectivity index (χ0n) is 10.7. The summed E-state index contributed by atoms with van der Waals surface area (Å²) in [5.41, 5.74) is 1.53. The van der Waals surface area contributed by atoms with Crippen LogP contribution in [-0.4, -0.2) is 36.0 Å². The van der Waals surface area contributed by atoms with Crippen LogP contribution in [-0.2, 0) is 7.05 Å². The predicted octanol–water partition coefficient (Wildman–Crippen LogP) is 0.788. The fourth-order valence-corrected chi connectivity index (χ4v) is 2.54. The molecule has 1 aromatic heterocycles. The fraction of sp³-hybridized carbons (Fsp3) is 0.667. The molecule has 0 amide bonds. The Morgan fingerprint density at radius 2 is 2.29 bits per heavy atom. The number of hydrogen-bond donors (Lipinski definition) is 1. The summed E-state index contributed by atoms with van der Waals surface area (Å²) in [6.45, 7) is 3.84. The van der Waals surface area contributed by atoms with Crippen LogP contribution in [0.25, 0.3) is 0 Å². The Hall–Kier alpha value is -1.54. The molecule has 0 spiro atoms. The summed E-state index contributed by atoms with van der Waals surface area (Å²) in [7, 11) is 3.90. The molecule has 2 rings (SSSR count). The normalized spacial score (nSPS) is 20.4. The highest BCUT2D eigenvalue weighted by Gasteiger charge is 2.24. The van der Waals surface area contributed by atoms with Gasteiger partial charge in [0.25, 0.3) is 0 Å². The third-order valence-electron chi connectivity index (χ3n) is 3.43. The first kappa shape index (κ1) is 11.9. The lowest BCUT2D eigenvalue weighted by atomic mass is 10.1. The minimum absolute atomic E-state index is 0.505. The third kappa shape index (κ3) is 2.13. The predicted molar refractivity (Wildman–Crippen MR) is 67.0 cm³/mol. The Morgan fingerprint density at radius 3 is 2.94 bits per heavy atom. The minimum atomic E-state index is 0.505. The highest BCUT2D eigenvalue weighted by Crippen LogP contribution is 2.25. The Labute approximate surface area is 102 Å². The van der Waals surface area contributed by atoms with Crippen molar-refractivity contribution in [2.24, 2.45) is 7.05 Å². The Balaban J connectivity index is 2.30. The van der Waals surface area contributed by atoms with Gasteiger partial charge in [-0.25, -0.2) is 0 Å². The average Bonchev–Trinajstić information content (AvgIpc) is 2.63. The zero-order chi connectivity index (χ0) is 12.4. The van der Waals surface area contributed by atoms with E-state index in [4.69, 9.17) is 0 Å². The summed E-state index contributed by atoms with van der Waals surface area (Å²) in [4.78, 5) is 2.27. The van der Waals surface area contributed by atoms with Gasteiger partial charge in [-0.2, -0.15) is 10.4 Å². The monoisotopic (exact) mass is 233 g/mol. The van der Waals surface area contributed by atoms with E-state index in [1.165, 1.54) is 6.42 Å². The van der Waals surface area contributed by atoms with E-state index in [9.17, 15) is 5.26 Å². The average molecular weight is 233 g/mol. The van der Waals surface area contributed by atoms with E-state index >= 15 is 0 Å². The minimum Gasteiger partial charge on any atom is -0.354 e. The van der Waals surface area contributed by atoms with E-state index in [1.54, 1.807) is 0 Å². The maximum atomic E-state index is 9.22. The van der Waals surface area contributed by atoms with Gasteiger partial charge >= 0.3 is 0 Å². The van der Waals surface area contributed by atoms with Gasteiger partial charge in [0, 0.05) is 26.2 Å². The Bertz CT molecular complexity index is 442. The first-order chi connectivity index (χ1) is 8.17. The van der Waals surface area contributed by atoms with Crippen molar-refractivity contribution in [3.63, 3.8) is 0 Å². The van der Waals surface area contributed by atoms with Gasteiger partial charge in [0.2, 0.25) is 0 Å². The van der Waals surface area contributed by atoms with E-state index < -0.39 is 0 Å². The first-order valence-corrected chi connectivity index (χ1v) is 6.03. The summed E-state index contributed by atoms with van der Waals surface area (Å²) in [6.07, 6.45) is 2.35. The maximum absolute atomic E-state index is 9.22. The van der Waals surface area contributed by atoms with E-state index in [0.717, 1.165) is 31.0 Å². The highest BCUT2D eigenvalue weighted by atomic mass is 15.4. The topological polar surface area (TPSA) is 56.9 Å². The smallest absolute Gasteiger partial charge is 0.145 e. The molecule has 1 N–H and O–H groups in total. The lowest BCUT2D eigenvalue weighted by Gasteiger charge is -2.34. The van der Waals surface area contributed by atoms with Crippen LogP contribution in [0.15, 0.2) is 0 Å². The lowest BCUT2D eigenvalue weighted by molar-refractivity contribution is 0.444. The molecule has 0 aliphatic carbocycles. The molecule has 1 aliphatic heterocycles. The van der Waals surface area contributed by atoms with Gasteiger partial charge < -0.3 is 10.2 Å². The molecule has 0 radical (unpaired) electrons. The fourth-order valence-electron chi connectivity index (χ4n) is 2.54. The maximum Gasteiger partial charge on any atom is 0.145 e. The molecule has 1 unspecified atom stereocenters. The van der Waals surface area contributed by atoms with Crippen molar-refractivity contribution < 1.29 is 0 Å². The van der Waals surface area contributed by atoms with Crippen molar-refractivity contribution in [1.29, 1.82) is 5.26 Å². The van der Waals surface area contributed by atoms with E-state index in [0.29, 0.717) is 11.6 Å². The molecule has 0 aromatic carbocycles. The van der Waals surface area contributed by atoms with Crippen LogP contribution in [0.1, 0.15) is 24.1 Å². The molecule has 1 aromatic rings. The number of anilines is 1. The number of hydrogen-bond acceptors (Lipinski definition) is 4. The summed E-state index contributed by atoms with van der Waals surface area (Å²) in [6, 6.07) is 2.77. The second kappa shape index (κ2) is 4.76. The van der Waals surface area contributed by atoms with Gasteiger partial charge in [-0.05, 0) is 26.8 Å². The molecule has 1 fully saturated rings. The largest absolute Gasteiger partial charge is 0.354 e. The lowest BCUT2D eigenvalue weighted by Crippen LogP contribution is -2.45. The number of nitriles is 1. The van der Waals surface area contributed by atoms with Crippen molar-refractivity contribution in [3.05, 3.63) is 11.3 Å². The SMILES string of the molecule is CNC1CCCN(c2c(C#N)c(C)nn2C)C1. The third-order valence-corrected chi connectivity index (χ3v) is 3.43. The quantitative estimate of drug-likeness (QED) is 0.820. The number of rotatable bonds is 2. The zero-order valence-corrected chi connectivity index (χ0v) is 10.7. The van der Waals surface area contributed by atoms with Gasteiger partial charge in [-0.1, -0.05) is 0 Å². The number of likely N-dealkylation sites (N-methyl/N-ethyl adjacent to an activating group) is 1. The summed E-state index contributed by atoms with van der Waals surface area (Å²) in [5, 5.41) is 16.9. The van der Waals surface area contributed by atoms with Crippen LogP contribution < -0.4 is 10.2 Å². The van der Waals surface area contributed by atoms with Crippen molar-refractivity contribution in [1.82, 2.24) is 15.1 Å². The number of aryl methyl sites for hydroxylation is 2. The molecule has 5 heteroatoms. The van der Waals surface area contributed by atoms with E-state index in [-0.39, 0.29) is 0 Å². The number of nitrogens with zero attached hydrogens (tertiary/aromatic N) is 4. The van der Waals surface area contributed by atoms with Crippen LogP contribution in [0.4, 0.5) is 5.82 Å². The number of nitrogens with one attached hydrogen (secondary N) is 1. The molecule has 5 nitrogen and oxygen atoms in total. The van der Waals surface area contributed by atoms with Crippen LogP contribution in [0.3, 0.4) is 0 Å². The molecular formula is C12H19N5. The van der Waals surface area contributed by atoms with E-state index in [1.807, 2.05) is 25.7 Å². The first-order valence-electron chi connectivity index (χ1n) is 6.03. The molecule has 17 heavy (non-hydrogen) atoms. The summed E-state index contributed by atoms with van der Waals surface area (Å²) >= 11 is 0. The molecule has 1 aliphatic rings. The molecule has 2 heterocycles. The Morgan fingerprint density at radius 1 is 1.53 bits per heavy atom. The molecule has 0 bridgehead atoms. The second-order valence-electron chi connectivity index (χ2n) is 4.59. The van der Waals surface area contributed by atoms with Crippen LogP contribution in [0, 0.1) is 18.3 Å². The van der Waals surface area contributed by atoms with Crippen LogP contribution in [0.5, 0.6) is 0 Å². The van der Waals surface area contributed by atoms with Crippen molar-refractivity contribution in [3.8, 4) is 6.07 Å². The van der Waals surface area contributed by atoms with E-state index in [2.05, 4.69) is 21.4 Å².